The highest BCUT2D eigenvalue weighted by molar-refractivity contribution is 5.92. The van der Waals surface area contributed by atoms with Crippen LogP contribution in [0.15, 0.2) is 18.2 Å². The van der Waals surface area contributed by atoms with Gasteiger partial charge in [-0.25, -0.2) is 4.79 Å². The second kappa shape index (κ2) is 7.34. The fraction of sp³-hybridized carbons (Fsp3) is 0.588. The van der Waals surface area contributed by atoms with Crippen LogP contribution in [0.1, 0.15) is 49.9 Å². The number of esters is 1. The zero-order chi connectivity index (χ0) is 15.2. The number of rotatable bonds is 5. The summed E-state index contributed by atoms with van der Waals surface area (Å²) >= 11 is 0. The van der Waals surface area contributed by atoms with Gasteiger partial charge in [0, 0.05) is 13.1 Å². The molecular formula is C17H26N2O2. The first-order valence-electron chi connectivity index (χ1n) is 7.97. The van der Waals surface area contributed by atoms with Crippen molar-refractivity contribution in [3.63, 3.8) is 0 Å². The molecule has 0 aromatic heterocycles. The summed E-state index contributed by atoms with van der Waals surface area (Å²) in [4.78, 5) is 14.0. The van der Waals surface area contributed by atoms with Crippen LogP contribution < -0.4 is 10.6 Å². The molecule has 0 spiro atoms. The smallest absolute Gasteiger partial charge is 0.338 e. The summed E-state index contributed by atoms with van der Waals surface area (Å²) in [6.45, 7) is 6.53. The van der Waals surface area contributed by atoms with Crippen LogP contribution in [-0.4, -0.2) is 25.7 Å². The Morgan fingerprint density at radius 2 is 2.05 bits per heavy atom. The van der Waals surface area contributed by atoms with Crippen LogP contribution in [0.4, 0.5) is 11.4 Å². The van der Waals surface area contributed by atoms with Crippen molar-refractivity contribution in [1.82, 2.24) is 0 Å². The molecule has 1 aromatic rings. The molecule has 0 atom stereocenters. The maximum absolute atomic E-state index is 11.7. The molecule has 0 amide bonds. The zero-order valence-corrected chi connectivity index (χ0v) is 13.1. The van der Waals surface area contributed by atoms with Gasteiger partial charge in [-0.05, 0) is 43.9 Å². The molecule has 21 heavy (non-hydrogen) atoms. The first-order valence-corrected chi connectivity index (χ1v) is 7.97. The Bertz CT molecular complexity index is 480. The zero-order valence-electron chi connectivity index (χ0n) is 13.1. The molecule has 1 saturated heterocycles. The van der Waals surface area contributed by atoms with Gasteiger partial charge in [0.25, 0.3) is 0 Å². The van der Waals surface area contributed by atoms with Crippen molar-refractivity contribution in [2.75, 3.05) is 30.3 Å². The Labute approximate surface area is 127 Å². The van der Waals surface area contributed by atoms with E-state index in [1.54, 1.807) is 13.0 Å². The highest BCUT2D eigenvalue weighted by atomic mass is 16.5. The number of ether oxygens (including phenoxy) is 1. The van der Waals surface area contributed by atoms with Crippen LogP contribution >= 0.6 is 0 Å². The van der Waals surface area contributed by atoms with Crippen molar-refractivity contribution in [2.24, 2.45) is 5.92 Å². The van der Waals surface area contributed by atoms with Crippen LogP contribution in [0.25, 0.3) is 0 Å². The quantitative estimate of drug-likeness (QED) is 0.666. The van der Waals surface area contributed by atoms with Gasteiger partial charge in [0.2, 0.25) is 0 Å². The molecule has 0 radical (unpaired) electrons. The second-order valence-electron chi connectivity index (χ2n) is 5.71. The fourth-order valence-corrected chi connectivity index (χ4v) is 3.05. The van der Waals surface area contributed by atoms with Gasteiger partial charge in [0.15, 0.2) is 0 Å². The van der Waals surface area contributed by atoms with E-state index >= 15 is 0 Å². The normalized spacial score (nSPS) is 16.0. The number of nitrogen functional groups attached to an aromatic ring is 1. The lowest BCUT2D eigenvalue weighted by Gasteiger charge is -2.34. The van der Waals surface area contributed by atoms with Crippen LogP contribution in [0.2, 0.25) is 0 Å². The van der Waals surface area contributed by atoms with Gasteiger partial charge in [-0.2, -0.15) is 0 Å². The molecule has 116 valence electrons. The summed E-state index contributed by atoms with van der Waals surface area (Å²) in [6, 6.07) is 5.48. The molecular weight excluding hydrogens is 264 g/mol. The lowest BCUT2D eigenvalue weighted by atomic mass is 9.92. The van der Waals surface area contributed by atoms with E-state index in [9.17, 15) is 4.79 Å². The fourth-order valence-electron chi connectivity index (χ4n) is 3.05. The van der Waals surface area contributed by atoms with E-state index in [1.165, 1.54) is 25.7 Å². The Morgan fingerprint density at radius 3 is 2.62 bits per heavy atom. The van der Waals surface area contributed by atoms with Crippen molar-refractivity contribution in [2.45, 2.75) is 39.5 Å². The Balaban J connectivity index is 2.03. The average molecular weight is 290 g/mol. The van der Waals surface area contributed by atoms with E-state index in [1.807, 2.05) is 12.1 Å². The number of benzene rings is 1. The molecule has 1 aromatic carbocycles. The van der Waals surface area contributed by atoms with E-state index in [-0.39, 0.29) is 5.97 Å². The first-order chi connectivity index (χ1) is 10.2. The summed E-state index contributed by atoms with van der Waals surface area (Å²) in [5.74, 6) is 0.545. The molecule has 0 bridgehead atoms. The number of nitrogens with zero attached hydrogens (tertiary/aromatic N) is 1. The number of carbonyl (C=O) groups is 1. The SMILES string of the molecule is CCCC1CCN(c2ccc(C(=O)OCC)cc2N)CC1. The maximum Gasteiger partial charge on any atom is 0.338 e. The summed E-state index contributed by atoms with van der Waals surface area (Å²) in [6.07, 6.45) is 5.05. The topological polar surface area (TPSA) is 55.6 Å². The molecule has 0 saturated carbocycles. The Hall–Kier alpha value is -1.71. The van der Waals surface area contributed by atoms with Gasteiger partial charge in [0.1, 0.15) is 0 Å². The Kier molecular flexibility index (Phi) is 5.48. The largest absolute Gasteiger partial charge is 0.462 e. The number of nitrogens with two attached hydrogens (primary N) is 1. The number of piperidine rings is 1. The van der Waals surface area contributed by atoms with Crippen LogP contribution in [-0.2, 0) is 4.74 Å². The number of hydrogen-bond acceptors (Lipinski definition) is 4. The van der Waals surface area contributed by atoms with Crippen molar-refractivity contribution in [1.29, 1.82) is 0 Å². The minimum atomic E-state index is -0.308. The summed E-state index contributed by atoms with van der Waals surface area (Å²) < 4.78 is 5.00. The predicted molar refractivity (Wildman–Crippen MR) is 86.7 cm³/mol. The van der Waals surface area contributed by atoms with Crippen LogP contribution in [0.5, 0.6) is 0 Å². The summed E-state index contributed by atoms with van der Waals surface area (Å²) in [5, 5.41) is 0. The lowest BCUT2D eigenvalue weighted by Crippen LogP contribution is -2.34. The van der Waals surface area contributed by atoms with Crippen molar-refractivity contribution in [3.05, 3.63) is 23.8 Å². The molecule has 0 unspecified atom stereocenters. The summed E-state index contributed by atoms with van der Waals surface area (Å²) in [7, 11) is 0. The van der Waals surface area contributed by atoms with Gasteiger partial charge in [0.05, 0.1) is 23.5 Å². The van der Waals surface area contributed by atoms with E-state index in [0.29, 0.717) is 17.9 Å². The molecule has 1 aliphatic heterocycles. The van der Waals surface area contributed by atoms with Crippen molar-refractivity contribution < 1.29 is 9.53 Å². The van der Waals surface area contributed by atoms with Crippen molar-refractivity contribution in [3.8, 4) is 0 Å². The standard InChI is InChI=1S/C17H26N2O2/c1-3-5-13-8-10-19(11-9-13)16-7-6-14(12-15(16)18)17(20)21-4-2/h6-7,12-13H,3-5,8-11,18H2,1-2H3. The lowest BCUT2D eigenvalue weighted by molar-refractivity contribution is 0.0526. The number of carbonyl (C=O) groups excluding carboxylic acids is 1. The Morgan fingerprint density at radius 1 is 1.33 bits per heavy atom. The number of anilines is 2. The first kappa shape index (κ1) is 15.7. The molecule has 1 fully saturated rings. The molecule has 2 N–H and O–H groups in total. The van der Waals surface area contributed by atoms with E-state index in [0.717, 1.165) is 24.7 Å². The van der Waals surface area contributed by atoms with E-state index < -0.39 is 0 Å². The van der Waals surface area contributed by atoms with Gasteiger partial charge >= 0.3 is 5.97 Å². The molecule has 4 heteroatoms. The summed E-state index contributed by atoms with van der Waals surface area (Å²) in [5.41, 5.74) is 8.36. The van der Waals surface area contributed by atoms with Gasteiger partial charge in [-0.15, -0.1) is 0 Å². The molecule has 1 heterocycles. The number of hydrogen-bond donors (Lipinski definition) is 1. The molecule has 4 nitrogen and oxygen atoms in total. The van der Waals surface area contributed by atoms with Gasteiger partial charge in [-0.1, -0.05) is 19.8 Å². The van der Waals surface area contributed by atoms with Crippen molar-refractivity contribution >= 4 is 17.3 Å². The maximum atomic E-state index is 11.7. The third-order valence-corrected chi connectivity index (χ3v) is 4.19. The molecule has 1 aliphatic rings. The highest BCUT2D eigenvalue weighted by Crippen LogP contribution is 2.30. The molecule has 2 rings (SSSR count). The van der Waals surface area contributed by atoms with Gasteiger partial charge in [-0.3, -0.25) is 0 Å². The van der Waals surface area contributed by atoms with Crippen LogP contribution in [0, 0.1) is 5.92 Å². The van der Waals surface area contributed by atoms with E-state index in [2.05, 4.69) is 11.8 Å². The monoisotopic (exact) mass is 290 g/mol. The third-order valence-electron chi connectivity index (χ3n) is 4.19. The highest BCUT2D eigenvalue weighted by Gasteiger charge is 2.20. The minimum Gasteiger partial charge on any atom is -0.462 e. The third kappa shape index (κ3) is 3.90. The predicted octanol–water partition coefficient (Wildman–Crippen LogP) is 3.46. The van der Waals surface area contributed by atoms with Crippen LogP contribution in [0.3, 0.4) is 0 Å². The average Bonchev–Trinajstić information content (AvgIpc) is 2.49. The molecule has 0 aliphatic carbocycles. The minimum absolute atomic E-state index is 0.308. The second-order valence-corrected chi connectivity index (χ2v) is 5.71. The van der Waals surface area contributed by atoms with Gasteiger partial charge < -0.3 is 15.4 Å². The van der Waals surface area contributed by atoms with E-state index in [4.69, 9.17) is 10.5 Å².